The summed E-state index contributed by atoms with van der Waals surface area (Å²) >= 11 is 4.90. The van der Waals surface area contributed by atoms with Crippen molar-refractivity contribution in [2.75, 3.05) is 32.9 Å². The second kappa shape index (κ2) is 8.47. The molecule has 4 N–H and O–H groups in total. The predicted molar refractivity (Wildman–Crippen MR) is 78.6 cm³/mol. The van der Waals surface area contributed by atoms with Crippen LogP contribution in [0.1, 0.15) is 5.56 Å². The van der Waals surface area contributed by atoms with Gasteiger partial charge in [0.2, 0.25) is 0 Å². The van der Waals surface area contributed by atoms with E-state index in [1.807, 2.05) is 0 Å². The third-order valence-electron chi connectivity index (χ3n) is 2.60. The molecule has 7 heteroatoms. The first-order valence-electron chi connectivity index (χ1n) is 6.11. The average molecular weight is 298 g/mol. The van der Waals surface area contributed by atoms with Gasteiger partial charge in [-0.3, -0.25) is 4.79 Å². The fourth-order valence-electron chi connectivity index (χ4n) is 1.63. The quantitative estimate of drug-likeness (QED) is 0.561. The molecule has 0 radical (unpaired) electrons. The maximum absolute atomic E-state index is 11.9. The third kappa shape index (κ3) is 4.76. The molecule has 0 unspecified atom stereocenters. The Hall–Kier alpha value is -1.70. The largest absolute Gasteiger partial charge is 0.483 e. The molecule has 0 saturated heterocycles. The molecule has 6 nitrogen and oxygen atoms in total. The molecule has 0 aliphatic rings. The Morgan fingerprint density at radius 1 is 1.25 bits per heavy atom. The van der Waals surface area contributed by atoms with Crippen LogP contribution in [-0.2, 0) is 4.79 Å². The summed E-state index contributed by atoms with van der Waals surface area (Å²) in [6.07, 6.45) is 0. The van der Waals surface area contributed by atoms with Gasteiger partial charge in [0, 0.05) is 13.1 Å². The number of rotatable bonds is 8. The highest BCUT2D eigenvalue weighted by Gasteiger charge is 2.14. The number of hydrogen-bond acceptors (Lipinski definition) is 5. The molecule has 1 amide bonds. The standard InChI is InChI=1S/C13H18N2O4S/c14-13(20)10-3-1-2-4-11(10)19-9-12(18)15(5-7-16)6-8-17/h1-4,16-17H,5-9H2,(H2,14,20). The van der Waals surface area contributed by atoms with E-state index in [9.17, 15) is 4.79 Å². The molecule has 1 rings (SSSR count). The molecule has 0 bridgehead atoms. The molecular formula is C13H18N2O4S. The number of para-hydroxylation sites is 1. The SMILES string of the molecule is NC(=S)c1ccccc1OCC(=O)N(CCO)CCO. The first-order valence-corrected chi connectivity index (χ1v) is 6.52. The number of nitrogens with two attached hydrogens (primary N) is 1. The van der Waals surface area contributed by atoms with Crippen LogP contribution in [0.25, 0.3) is 0 Å². The van der Waals surface area contributed by atoms with Gasteiger partial charge in [0.15, 0.2) is 6.61 Å². The number of carbonyl (C=O) groups excluding carboxylic acids is 1. The fraction of sp³-hybridized carbons (Fsp3) is 0.385. The van der Waals surface area contributed by atoms with Gasteiger partial charge in [-0.1, -0.05) is 24.4 Å². The van der Waals surface area contributed by atoms with Crippen LogP contribution in [0.5, 0.6) is 5.75 Å². The highest BCUT2D eigenvalue weighted by molar-refractivity contribution is 7.80. The molecule has 0 saturated carbocycles. The van der Waals surface area contributed by atoms with Crippen molar-refractivity contribution in [3.8, 4) is 5.75 Å². The van der Waals surface area contributed by atoms with Crippen molar-refractivity contribution in [1.29, 1.82) is 0 Å². The fourth-order valence-corrected chi connectivity index (χ4v) is 1.80. The molecule has 20 heavy (non-hydrogen) atoms. The van der Waals surface area contributed by atoms with Gasteiger partial charge in [-0.2, -0.15) is 0 Å². The van der Waals surface area contributed by atoms with Crippen LogP contribution in [0.2, 0.25) is 0 Å². The topological polar surface area (TPSA) is 96.0 Å². The third-order valence-corrected chi connectivity index (χ3v) is 2.82. The van der Waals surface area contributed by atoms with Gasteiger partial charge < -0.3 is 25.6 Å². The highest BCUT2D eigenvalue weighted by atomic mass is 32.1. The summed E-state index contributed by atoms with van der Waals surface area (Å²) in [6.45, 7) is -0.247. The lowest BCUT2D eigenvalue weighted by Crippen LogP contribution is -2.39. The van der Waals surface area contributed by atoms with Gasteiger partial charge >= 0.3 is 0 Å². The molecule has 0 spiro atoms. The smallest absolute Gasteiger partial charge is 0.260 e. The number of aliphatic hydroxyl groups excluding tert-OH is 2. The van der Waals surface area contributed by atoms with Crippen LogP contribution < -0.4 is 10.5 Å². The van der Waals surface area contributed by atoms with E-state index in [-0.39, 0.29) is 43.8 Å². The Kier molecular flexibility index (Phi) is 6.92. The molecule has 0 heterocycles. The van der Waals surface area contributed by atoms with E-state index in [4.69, 9.17) is 32.9 Å². The van der Waals surface area contributed by atoms with E-state index < -0.39 is 0 Å². The summed E-state index contributed by atoms with van der Waals surface area (Å²) in [5.41, 5.74) is 6.13. The molecule has 0 aliphatic heterocycles. The molecule has 110 valence electrons. The number of ether oxygens (including phenoxy) is 1. The van der Waals surface area contributed by atoms with E-state index in [0.717, 1.165) is 0 Å². The Morgan fingerprint density at radius 2 is 1.85 bits per heavy atom. The van der Waals surface area contributed by atoms with Crippen LogP contribution in [0.15, 0.2) is 24.3 Å². The lowest BCUT2D eigenvalue weighted by atomic mass is 10.2. The lowest BCUT2D eigenvalue weighted by molar-refractivity contribution is -0.134. The van der Waals surface area contributed by atoms with Crippen molar-refractivity contribution < 1.29 is 19.7 Å². The second-order valence-corrected chi connectivity index (χ2v) is 4.42. The molecule has 0 atom stereocenters. The molecule has 0 aromatic heterocycles. The number of nitrogens with zero attached hydrogens (tertiary/aromatic N) is 1. The van der Waals surface area contributed by atoms with Gasteiger partial charge in [0.05, 0.1) is 18.8 Å². The zero-order chi connectivity index (χ0) is 15.0. The maximum atomic E-state index is 11.9. The first-order chi connectivity index (χ1) is 9.60. The van der Waals surface area contributed by atoms with E-state index in [1.54, 1.807) is 24.3 Å². The second-order valence-electron chi connectivity index (χ2n) is 3.98. The molecule has 1 aromatic rings. The average Bonchev–Trinajstić information content (AvgIpc) is 2.44. The van der Waals surface area contributed by atoms with Crippen LogP contribution in [0.4, 0.5) is 0 Å². The van der Waals surface area contributed by atoms with E-state index in [2.05, 4.69) is 0 Å². The van der Waals surface area contributed by atoms with Gasteiger partial charge in [0.25, 0.3) is 5.91 Å². The van der Waals surface area contributed by atoms with Crippen LogP contribution in [0.3, 0.4) is 0 Å². The summed E-state index contributed by atoms with van der Waals surface area (Å²) < 4.78 is 5.41. The van der Waals surface area contributed by atoms with Crippen molar-refractivity contribution in [3.63, 3.8) is 0 Å². The molecular weight excluding hydrogens is 280 g/mol. The Balaban J connectivity index is 2.66. The summed E-state index contributed by atoms with van der Waals surface area (Å²) in [6, 6.07) is 6.90. The summed E-state index contributed by atoms with van der Waals surface area (Å²) in [5.74, 6) is 0.104. The van der Waals surface area contributed by atoms with Crippen molar-refractivity contribution in [2.45, 2.75) is 0 Å². The lowest BCUT2D eigenvalue weighted by Gasteiger charge is -2.21. The highest BCUT2D eigenvalue weighted by Crippen LogP contribution is 2.17. The van der Waals surface area contributed by atoms with E-state index >= 15 is 0 Å². The van der Waals surface area contributed by atoms with Crippen LogP contribution in [-0.4, -0.2) is 58.9 Å². The van der Waals surface area contributed by atoms with Gasteiger partial charge in [-0.15, -0.1) is 0 Å². The van der Waals surface area contributed by atoms with E-state index in [1.165, 1.54) is 4.90 Å². The summed E-state index contributed by atoms with van der Waals surface area (Å²) in [4.78, 5) is 13.4. The number of aliphatic hydroxyl groups is 2. The van der Waals surface area contributed by atoms with Crippen molar-refractivity contribution in [2.24, 2.45) is 5.73 Å². The maximum Gasteiger partial charge on any atom is 0.260 e. The minimum atomic E-state index is -0.328. The van der Waals surface area contributed by atoms with Crippen molar-refractivity contribution in [3.05, 3.63) is 29.8 Å². The van der Waals surface area contributed by atoms with E-state index in [0.29, 0.717) is 11.3 Å². The Morgan fingerprint density at radius 3 is 2.40 bits per heavy atom. The molecule has 0 fully saturated rings. The first kappa shape index (κ1) is 16.4. The molecule has 0 aliphatic carbocycles. The molecule has 1 aromatic carbocycles. The normalized spacial score (nSPS) is 10.1. The minimum Gasteiger partial charge on any atom is -0.483 e. The number of carbonyl (C=O) groups is 1. The van der Waals surface area contributed by atoms with Crippen LogP contribution in [0, 0.1) is 0 Å². The number of benzene rings is 1. The predicted octanol–water partition coefficient (Wildman–Crippen LogP) is -0.487. The van der Waals surface area contributed by atoms with Gasteiger partial charge in [0.1, 0.15) is 10.7 Å². The zero-order valence-corrected chi connectivity index (χ0v) is 11.8. The number of amides is 1. The Bertz CT molecular complexity index is 461. The number of thiocarbonyl (C=S) groups is 1. The Labute approximate surface area is 122 Å². The summed E-state index contributed by atoms with van der Waals surface area (Å²) in [5, 5.41) is 17.7. The number of hydrogen-bond donors (Lipinski definition) is 3. The van der Waals surface area contributed by atoms with Gasteiger partial charge in [-0.25, -0.2) is 0 Å². The minimum absolute atomic E-state index is 0.152. The monoisotopic (exact) mass is 298 g/mol. The zero-order valence-electron chi connectivity index (χ0n) is 11.0. The summed E-state index contributed by atoms with van der Waals surface area (Å²) in [7, 11) is 0. The van der Waals surface area contributed by atoms with Crippen molar-refractivity contribution >= 4 is 23.1 Å². The van der Waals surface area contributed by atoms with Gasteiger partial charge in [-0.05, 0) is 12.1 Å². The van der Waals surface area contributed by atoms with Crippen molar-refractivity contribution in [1.82, 2.24) is 4.90 Å². The van der Waals surface area contributed by atoms with Crippen LogP contribution >= 0.6 is 12.2 Å².